The molecule has 20 heavy (non-hydrogen) atoms. The Balaban J connectivity index is 1.54. The van der Waals surface area contributed by atoms with Crippen LogP contribution in [0.15, 0.2) is 24.7 Å². The molecule has 1 aliphatic heterocycles. The Morgan fingerprint density at radius 1 is 1.45 bits per heavy atom. The van der Waals surface area contributed by atoms with E-state index in [-0.39, 0.29) is 5.91 Å². The van der Waals surface area contributed by atoms with Crippen LogP contribution < -0.4 is 10.6 Å². The number of fused-ring (bicyclic) bond motifs is 3. The first kappa shape index (κ1) is 11.9. The van der Waals surface area contributed by atoms with E-state index >= 15 is 0 Å². The number of nitrogens with zero attached hydrogens (tertiary/aromatic N) is 2. The summed E-state index contributed by atoms with van der Waals surface area (Å²) < 4.78 is 1.96. The van der Waals surface area contributed by atoms with Gasteiger partial charge in [0.15, 0.2) is 0 Å². The Morgan fingerprint density at radius 2 is 2.35 bits per heavy atom. The standard InChI is InChI=1S/C15H18N4O/c1-9-2-12-6-17-14(8-19(12)7-9)15(20)18-13-4-11-3-10(13)5-16-11/h2,6-8,10-11,13,16H,3-5H2,1H3,(H,18,20). The van der Waals surface area contributed by atoms with E-state index in [4.69, 9.17) is 0 Å². The summed E-state index contributed by atoms with van der Waals surface area (Å²) in [6.07, 6.45) is 7.80. The van der Waals surface area contributed by atoms with E-state index in [1.807, 2.05) is 23.7 Å². The van der Waals surface area contributed by atoms with Crippen molar-refractivity contribution in [3.8, 4) is 0 Å². The average Bonchev–Trinajstić information content (AvgIpc) is 3.10. The van der Waals surface area contributed by atoms with Gasteiger partial charge in [-0.05, 0) is 37.3 Å². The van der Waals surface area contributed by atoms with Crippen LogP contribution in [0.1, 0.15) is 28.9 Å². The quantitative estimate of drug-likeness (QED) is 0.860. The highest BCUT2D eigenvalue weighted by molar-refractivity contribution is 5.92. The molecule has 2 fully saturated rings. The van der Waals surface area contributed by atoms with E-state index in [9.17, 15) is 4.79 Å². The van der Waals surface area contributed by atoms with E-state index in [0.29, 0.717) is 23.7 Å². The minimum absolute atomic E-state index is 0.0594. The van der Waals surface area contributed by atoms with Gasteiger partial charge in [0.05, 0.1) is 11.7 Å². The van der Waals surface area contributed by atoms with E-state index in [1.165, 1.54) is 12.0 Å². The van der Waals surface area contributed by atoms with Crippen LogP contribution in [0.4, 0.5) is 0 Å². The number of nitrogens with one attached hydrogen (secondary N) is 2. The van der Waals surface area contributed by atoms with Gasteiger partial charge in [-0.3, -0.25) is 4.79 Å². The zero-order valence-electron chi connectivity index (χ0n) is 11.5. The van der Waals surface area contributed by atoms with Gasteiger partial charge in [-0.15, -0.1) is 0 Å². The van der Waals surface area contributed by atoms with Crippen LogP contribution in [-0.4, -0.2) is 33.9 Å². The second kappa shape index (κ2) is 4.31. The van der Waals surface area contributed by atoms with Crippen LogP contribution in [0.5, 0.6) is 0 Å². The molecule has 4 rings (SSSR count). The molecule has 1 saturated carbocycles. The van der Waals surface area contributed by atoms with Crippen molar-refractivity contribution < 1.29 is 4.79 Å². The monoisotopic (exact) mass is 270 g/mol. The zero-order valence-corrected chi connectivity index (χ0v) is 11.5. The van der Waals surface area contributed by atoms with Gasteiger partial charge in [-0.1, -0.05) is 0 Å². The molecule has 1 aliphatic carbocycles. The van der Waals surface area contributed by atoms with E-state index in [1.54, 1.807) is 6.20 Å². The van der Waals surface area contributed by atoms with Crippen LogP contribution in [0, 0.1) is 12.8 Å². The van der Waals surface area contributed by atoms with Gasteiger partial charge >= 0.3 is 0 Å². The SMILES string of the molecule is Cc1cc2cnc(C(=O)NC3CC4CC3CN4)cn2c1. The summed E-state index contributed by atoms with van der Waals surface area (Å²) in [7, 11) is 0. The molecule has 5 heteroatoms. The van der Waals surface area contributed by atoms with Gasteiger partial charge in [0.2, 0.25) is 0 Å². The summed E-state index contributed by atoms with van der Waals surface area (Å²) in [6.45, 7) is 3.06. The summed E-state index contributed by atoms with van der Waals surface area (Å²) in [4.78, 5) is 16.6. The summed E-state index contributed by atoms with van der Waals surface area (Å²) in [5.41, 5.74) is 2.68. The summed E-state index contributed by atoms with van der Waals surface area (Å²) in [5, 5.41) is 6.60. The highest BCUT2D eigenvalue weighted by Gasteiger charge is 2.40. The van der Waals surface area contributed by atoms with Gasteiger partial charge in [0, 0.05) is 31.0 Å². The Labute approximate surface area is 117 Å². The lowest BCUT2D eigenvalue weighted by Gasteiger charge is -2.23. The predicted molar refractivity (Wildman–Crippen MR) is 75.7 cm³/mol. The number of aromatic nitrogens is 2. The van der Waals surface area contributed by atoms with Crippen LogP contribution in [0.25, 0.3) is 5.52 Å². The van der Waals surface area contributed by atoms with E-state index < -0.39 is 0 Å². The highest BCUT2D eigenvalue weighted by atomic mass is 16.2. The predicted octanol–water partition coefficient (Wildman–Crippen LogP) is 1.12. The van der Waals surface area contributed by atoms with Crippen molar-refractivity contribution in [2.75, 3.05) is 6.54 Å². The number of carbonyl (C=O) groups is 1. The Morgan fingerprint density at radius 3 is 3.10 bits per heavy atom. The molecule has 3 unspecified atom stereocenters. The normalized spacial score (nSPS) is 28.1. The Kier molecular flexibility index (Phi) is 2.57. The van der Waals surface area contributed by atoms with Crippen molar-refractivity contribution in [3.05, 3.63) is 35.9 Å². The molecule has 1 saturated heterocycles. The molecule has 3 atom stereocenters. The number of piperidine rings is 1. The lowest BCUT2D eigenvalue weighted by molar-refractivity contribution is 0.0919. The van der Waals surface area contributed by atoms with Gasteiger partial charge in [-0.2, -0.15) is 0 Å². The number of hydrogen-bond acceptors (Lipinski definition) is 3. The maximum absolute atomic E-state index is 12.3. The molecule has 2 aromatic heterocycles. The number of aryl methyl sites for hydroxylation is 1. The van der Waals surface area contributed by atoms with Crippen molar-refractivity contribution in [1.29, 1.82) is 0 Å². The average molecular weight is 270 g/mol. The Hall–Kier alpha value is -1.88. The fourth-order valence-electron chi connectivity index (χ4n) is 3.53. The van der Waals surface area contributed by atoms with E-state index in [2.05, 4.69) is 21.7 Å². The summed E-state index contributed by atoms with van der Waals surface area (Å²) in [5.74, 6) is 0.525. The molecule has 2 bridgehead atoms. The fourth-order valence-corrected chi connectivity index (χ4v) is 3.53. The molecule has 0 spiro atoms. The van der Waals surface area contributed by atoms with Gasteiger partial charge < -0.3 is 15.0 Å². The molecule has 1 amide bonds. The van der Waals surface area contributed by atoms with Gasteiger partial charge in [0.1, 0.15) is 5.69 Å². The fraction of sp³-hybridized carbons (Fsp3) is 0.467. The number of rotatable bonds is 2. The lowest BCUT2D eigenvalue weighted by atomic mass is 10.0. The second-order valence-corrected chi connectivity index (χ2v) is 6.04. The van der Waals surface area contributed by atoms with Crippen molar-refractivity contribution in [2.24, 2.45) is 5.92 Å². The Bertz CT molecular complexity index is 678. The van der Waals surface area contributed by atoms with Crippen LogP contribution in [-0.2, 0) is 0 Å². The molecular formula is C15H18N4O. The van der Waals surface area contributed by atoms with Crippen molar-refractivity contribution in [3.63, 3.8) is 0 Å². The molecule has 2 N–H and O–H groups in total. The number of carbonyl (C=O) groups excluding carboxylic acids is 1. The summed E-state index contributed by atoms with van der Waals surface area (Å²) >= 11 is 0. The van der Waals surface area contributed by atoms with Gasteiger partial charge in [-0.25, -0.2) is 4.98 Å². The second-order valence-electron chi connectivity index (χ2n) is 6.04. The van der Waals surface area contributed by atoms with Crippen LogP contribution >= 0.6 is 0 Å². The molecule has 0 radical (unpaired) electrons. The third kappa shape index (κ3) is 1.89. The first-order valence-electron chi connectivity index (χ1n) is 7.17. The molecular weight excluding hydrogens is 252 g/mol. The topological polar surface area (TPSA) is 58.4 Å². The number of hydrogen-bond donors (Lipinski definition) is 2. The van der Waals surface area contributed by atoms with Crippen molar-refractivity contribution in [2.45, 2.75) is 31.8 Å². The van der Waals surface area contributed by atoms with E-state index in [0.717, 1.165) is 18.5 Å². The maximum Gasteiger partial charge on any atom is 0.271 e. The first-order chi connectivity index (χ1) is 9.69. The molecule has 3 heterocycles. The summed E-state index contributed by atoms with van der Waals surface area (Å²) in [6, 6.07) is 2.95. The van der Waals surface area contributed by atoms with Crippen LogP contribution in [0.3, 0.4) is 0 Å². The smallest absolute Gasteiger partial charge is 0.271 e. The molecule has 2 aliphatic rings. The molecule has 2 aromatic rings. The molecule has 104 valence electrons. The van der Waals surface area contributed by atoms with Crippen molar-refractivity contribution in [1.82, 2.24) is 20.0 Å². The van der Waals surface area contributed by atoms with Gasteiger partial charge in [0.25, 0.3) is 5.91 Å². The molecule has 5 nitrogen and oxygen atoms in total. The third-order valence-corrected chi connectivity index (χ3v) is 4.53. The maximum atomic E-state index is 12.3. The first-order valence-corrected chi connectivity index (χ1v) is 7.17. The minimum atomic E-state index is -0.0594. The third-order valence-electron chi connectivity index (χ3n) is 4.53. The lowest BCUT2D eigenvalue weighted by Crippen LogP contribution is -2.44. The van der Waals surface area contributed by atoms with Crippen molar-refractivity contribution >= 4 is 11.4 Å². The number of amides is 1. The largest absolute Gasteiger partial charge is 0.348 e. The minimum Gasteiger partial charge on any atom is -0.348 e. The van der Waals surface area contributed by atoms with Crippen LogP contribution in [0.2, 0.25) is 0 Å². The molecule has 0 aromatic carbocycles. The highest BCUT2D eigenvalue weighted by Crippen LogP contribution is 2.31. The zero-order chi connectivity index (χ0) is 13.7.